The number of hydrogen-bond acceptors (Lipinski definition) is 4. The summed E-state index contributed by atoms with van der Waals surface area (Å²) in [5.74, 6) is -0.140. The number of amides is 2. The lowest BCUT2D eigenvalue weighted by molar-refractivity contribution is -0.127. The first-order valence-electron chi connectivity index (χ1n) is 11.2. The van der Waals surface area contributed by atoms with Crippen LogP contribution >= 0.6 is 0 Å². The molecule has 7 heteroatoms. The summed E-state index contributed by atoms with van der Waals surface area (Å²) in [4.78, 5) is 27.7. The summed E-state index contributed by atoms with van der Waals surface area (Å²) in [5, 5.41) is 3.09. The van der Waals surface area contributed by atoms with Crippen LogP contribution in [-0.4, -0.2) is 49.4 Å². The van der Waals surface area contributed by atoms with Gasteiger partial charge in [-0.05, 0) is 57.3 Å². The number of benzene rings is 1. The average molecular weight is 449 g/mol. The van der Waals surface area contributed by atoms with E-state index in [4.69, 9.17) is 9.16 Å². The summed E-state index contributed by atoms with van der Waals surface area (Å²) < 4.78 is 12.0. The molecule has 6 nitrogen and oxygen atoms in total. The molecule has 1 aliphatic rings. The van der Waals surface area contributed by atoms with Crippen LogP contribution in [0.3, 0.4) is 0 Å². The van der Waals surface area contributed by atoms with Crippen molar-refractivity contribution >= 4 is 20.3 Å². The Bertz CT molecular complexity index is 753. The summed E-state index contributed by atoms with van der Waals surface area (Å²) in [6.07, 6.45) is 0.866. The van der Waals surface area contributed by atoms with Crippen LogP contribution in [-0.2, 0) is 20.6 Å². The molecule has 0 spiro atoms. The fourth-order valence-corrected chi connectivity index (χ4v) is 4.39. The second kappa shape index (κ2) is 9.73. The summed E-state index contributed by atoms with van der Waals surface area (Å²) in [6.45, 7) is 17.4. The average Bonchev–Trinajstić information content (AvgIpc) is 3.07. The molecule has 1 aliphatic heterocycles. The van der Waals surface area contributed by atoms with Gasteiger partial charge in [-0.25, -0.2) is 4.79 Å². The summed E-state index contributed by atoms with van der Waals surface area (Å²) >= 11 is 0. The van der Waals surface area contributed by atoms with Crippen molar-refractivity contribution in [3.8, 4) is 0 Å². The van der Waals surface area contributed by atoms with E-state index in [0.29, 0.717) is 13.0 Å². The molecule has 2 rings (SSSR count). The third kappa shape index (κ3) is 7.07. The molecule has 1 saturated heterocycles. The van der Waals surface area contributed by atoms with Gasteiger partial charge in [0.2, 0.25) is 5.91 Å². The lowest BCUT2D eigenvalue weighted by atomic mass is 10.1. The molecule has 0 radical (unpaired) electrons. The number of nitrogens with one attached hydrogen (secondary N) is 1. The Balaban J connectivity index is 2.15. The van der Waals surface area contributed by atoms with Crippen molar-refractivity contribution in [2.75, 3.05) is 6.61 Å². The maximum absolute atomic E-state index is 13.1. The molecule has 1 aromatic carbocycles. The quantitative estimate of drug-likeness (QED) is 0.615. The van der Waals surface area contributed by atoms with E-state index in [1.165, 1.54) is 0 Å². The lowest BCUT2D eigenvalue weighted by Crippen LogP contribution is -2.54. The molecule has 0 bridgehead atoms. The second-order valence-corrected chi connectivity index (χ2v) is 15.8. The predicted molar refractivity (Wildman–Crippen MR) is 126 cm³/mol. The summed E-state index contributed by atoms with van der Waals surface area (Å²) in [5.41, 5.74) is 0.548. The van der Waals surface area contributed by atoms with Crippen LogP contribution in [0, 0.1) is 0 Å². The highest BCUT2D eigenvalue weighted by atomic mass is 28.4. The molecule has 1 aromatic rings. The summed E-state index contributed by atoms with van der Waals surface area (Å²) in [7, 11) is -1.97. The molecule has 0 aromatic heterocycles. The van der Waals surface area contributed by atoms with Crippen molar-refractivity contribution in [2.24, 2.45) is 0 Å². The third-order valence-electron chi connectivity index (χ3n) is 6.16. The van der Waals surface area contributed by atoms with Gasteiger partial charge < -0.3 is 14.5 Å². The third-order valence-corrected chi connectivity index (χ3v) is 10.7. The fourth-order valence-electron chi connectivity index (χ4n) is 3.35. The molecule has 0 aliphatic carbocycles. The Morgan fingerprint density at radius 2 is 1.68 bits per heavy atom. The van der Waals surface area contributed by atoms with Crippen LogP contribution in [0.2, 0.25) is 18.1 Å². The first kappa shape index (κ1) is 25.4. The molecular formula is C24H40N2O4Si. The van der Waals surface area contributed by atoms with Gasteiger partial charge in [0, 0.05) is 5.54 Å². The molecule has 1 heterocycles. The number of hydrogen-bond donors (Lipinski definition) is 1. The number of carbonyl (C=O) groups excluding carboxylic acids is 2. The maximum Gasteiger partial charge on any atom is 0.411 e. The van der Waals surface area contributed by atoms with Gasteiger partial charge in [0.15, 0.2) is 8.32 Å². The van der Waals surface area contributed by atoms with E-state index < -0.39 is 20.5 Å². The van der Waals surface area contributed by atoms with Crippen molar-refractivity contribution < 1.29 is 18.8 Å². The number of rotatable bonds is 6. The molecule has 0 saturated carbocycles. The minimum atomic E-state index is -1.97. The maximum atomic E-state index is 13.1. The van der Waals surface area contributed by atoms with Gasteiger partial charge in [-0.3, -0.25) is 9.69 Å². The molecule has 1 fully saturated rings. The van der Waals surface area contributed by atoms with E-state index >= 15 is 0 Å². The predicted octanol–water partition coefficient (Wildman–Crippen LogP) is 5.09. The Morgan fingerprint density at radius 1 is 1.06 bits per heavy atom. The first-order chi connectivity index (χ1) is 14.2. The second-order valence-electron chi connectivity index (χ2n) is 11.0. The Labute approximate surface area is 188 Å². The van der Waals surface area contributed by atoms with Crippen molar-refractivity contribution in [1.82, 2.24) is 10.2 Å². The zero-order chi connectivity index (χ0) is 23.4. The van der Waals surface area contributed by atoms with Crippen LogP contribution in [0.25, 0.3) is 0 Å². The molecule has 2 amide bonds. The molecule has 1 N–H and O–H groups in total. The van der Waals surface area contributed by atoms with Gasteiger partial charge in [-0.1, -0.05) is 51.1 Å². The zero-order valence-corrected chi connectivity index (χ0v) is 21.5. The van der Waals surface area contributed by atoms with Crippen LogP contribution < -0.4 is 5.32 Å². The lowest BCUT2D eigenvalue weighted by Gasteiger charge is -2.38. The Morgan fingerprint density at radius 3 is 2.23 bits per heavy atom. The minimum Gasteiger partial charge on any atom is -0.445 e. The highest BCUT2D eigenvalue weighted by Crippen LogP contribution is 2.37. The van der Waals surface area contributed by atoms with Crippen LogP contribution in [0.15, 0.2) is 30.3 Å². The van der Waals surface area contributed by atoms with Gasteiger partial charge in [0.05, 0.1) is 12.6 Å². The van der Waals surface area contributed by atoms with E-state index in [0.717, 1.165) is 12.0 Å². The zero-order valence-electron chi connectivity index (χ0n) is 20.5. The SMILES string of the molecule is CC(C)(C)NC(=O)[C@@H]1CC[C@H](CO[Si](C)(C)C(C)(C)C)N1C(=O)OCc1ccccc1. The molecule has 31 heavy (non-hydrogen) atoms. The molecule has 174 valence electrons. The van der Waals surface area contributed by atoms with Crippen molar-refractivity contribution in [1.29, 1.82) is 0 Å². The van der Waals surface area contributed by atoms with Crippen molar-refractivity contribution in [3.63, 3.8) is 0 Å². The van der Waals surface area contributed by atoms with E-state index in [9.17, 15) is 9.59 Å². The smallest absolute Gasteiger partial charge is 0.411 e. The van der Waals surface area contributed by atoms with E-state index in [1.807, 2.05) is 51.1 Å². The van der Waals surface area contributed by atoms with Crippen molar-refractivity contribution in [2.45, 2.75) is 96.7 Å². The van der Waals surface area contributed by atoms with E-state index in [-0.39, 0.29) is 29.1 Å². The molecule has 0 unspecified atom stereocenters. The van der Waals surface area contributed by atoms with Gasteiger partial charge in [-0.15, -0.1) is 0 Å². The highest BCUT2D eigenvalue weighted by molar-refractivity contribution is 6.74. The monoisotopic (exact) mass is 448 g/mol. The Kier molecular flexibility index (Phi) is 7.98. The van der Waals surface area contributed by atoms with E-state index in [1.54, 1.807) is 4.90 Å². The van der Waals surface area contributed by atoms with Gasteiger partial charge in [-0.2, -0.15) is 0 Å². The topological polar surface area (TPSA) is 67.9 Å². The van der Waals surface area contributed by atoms with Crippen LogP contribution in [0.1, 0.15) is 59.9 Å². The number of nitrogens with zero attached hydrogens (tertiary/aromatic N) is 1. The normalized spacial score (nSPS) is 19.9. The number of likely N-dealkylation sites (tertiary alicyclic amines) is 1. The van der Waals surface area contributed by atoms with Gasteiger partial charge in [0.25, 0.3) is 0 Å². The molecule has 2 atom stereocenters. The van der Waals surface area contributed by atoms with Gasteiger partial charge in [0.1, 0.15) is 12.6 Å². The first-order valence-corrected chi connectivity index (χ1v) is 14.1. The van der Waals surface area contributed by atoms with Gasteiger partial charge >= 0.3 is 6.09 Å². The summed E-state index contributed by atoms with van der Waals surface area (Å²) in [6, 6.07) is 8.86. The number of carbonyl (C=O) groups is 2. The largest absolute Gasteiger partial charge is 0.445 e. The fraction of sp³-hybridized carbons (Fsp3) is 0.667. The van der Waals surface area contributed by atoms with Crippen LogP contribution in [0.5, 0.6) is 0 Å². The minimum absolute atomic E-state index is 0.0767. The molecular weight excluding hydrogens is 408 g/mol. The van der Waals surface area contributed by atoms with E-state index in [2.05, 4.69) is 39.2 Å². The standard InChI is InChI=1S/C24H40N2O4Si/c1-23(2,3)25-21(27)20-15-14-19(17-30-31(7,8)24(4,5)6)26(20)22(28)29-16-18-12-10-9-11-13-18/h9-13,19-20H,14-17H2,1-8H3,(H,25,27)/t19-,20+/m1/s1. The van der Waals surface area contributed by atoms with Crippen LogP contribution in [0.4, 0.5) is 4.79 Å². The van der Waals surface area contributed by atoms with Crippen molar-refractivity contribution in [3.05, 3.63) is 35.9 Å². The highest BCUT2D eigenvalue weighted by Gasteiger charge is 2.44. The Hall–Kier alpha value is -1.86. The number of ether oxygens (including phenoxy) is 1.